The number of aryl methyl sites for hydroxylation is 2. The van der Waals surface area contributed by atoms with Gasteiger partial charge in [-0.2, -0.15) is 0 Å². The summed E-state index contributed by atoms with van der Waals surface area (Å²) in [5.74, 6) is 0.472. The third-order valence-electron chi connectivity index (χ3n) is 5.62. The maximum Gasteiger partial charge on any atom is 0.268 e. The molecule has 0 saturated carbocycles. The third-order valence-corrected chi connectivity index (χ3v) is 5.62. The lowest BCUT2D eigenvalue weighted by Gasteiger charge is -2.20. The molecule has 0 aliphatic carbocycles. The highest BCUT2D eigenvalue weighted by molar-refractivity contribution is 6.05. The molecule has 7 heteroatoms. The zero-order chi connectivity index (χ0) is 24.7. The average molecular weight is 463 g/mol. The predicted molar refractivity (Wildman–Crippen MR) is 131 cm³/mol. The molecule has 0 unspecified atom stereocenters. The van der Waals surface area contributed by atoms with E-state index in [9.17, 15) is 9.59 Å². The molecule has 0 aliphatic rings. The maximum atomic E-state index is 13.3. The highest BCUT2D eigenvalue weighted by Crippen LogP contribution is 2.27. The Bertz CT molecular complexity index is 1180. The van der Waals surface area contributed by atoms with Crippen LogP contribution >= 0.6 is 0 Å². The molecule has 34 heavy (non-hydrogen) atoms. The van der Waals surface area contributed by atoms with E-state index in [0.717, 1.165) is 11.1 Å². The Hall–Kier alpha value is -4.00. The molecule has 1 heterocycles. The first-order chi connectivity index (χ1) is 16.4. The lowest BCUT2D eigenvalue weighted by atomic mass is 9.99. The zero-order valence-electron chi connectivity index (χ0n) is 20.1. The first-order valence-electron chi connectivity index (χ1n) is 11.0. The summed E-state index contributed by atoms with van der Waals surface area (Å²) in [6, 6.07) is 14.1. The van der Waals surface area contributed by atoms with Crippen LogP contribution in [-0.4, -0.2) is 26.0 Å². The van der Waals surface area contributed by atoms with Gasteiger partial charge in [0.15, 0.2) is 11.5 Å². The van der Waals surface area contributed by atoms with E-state index in [4.69, 9.17) is 13.9 Å². The second-order valence-electron chi connectivity index (χ2n) is 7.88. The molecule has 0 spiro atoms. The number of benzene rings is 2. The number of nitrogens with one attached hydrogen (secondary N) is 2. The maximum absolute atomic E-state index is 13.3. The lowest BCUT2D eigenvalue weighted by molar-refractivity contribution is -0.118. The molecule has 7 nitrogen and oxygen atoms in total. The van der Waals surface area contributed by atoms with Gasteiger partial charge in [-0.1, -0.05) is 25.1 Å². The van der Waals surface area contributed by atoms with Gasteiger partial charge in [0.1, 0.15) is 11.5 Å². The van der Waals surface area contributed by atoms with Crippen molar-refractivity contribution in [2.24, 2.45) is 0 Å². The largest absolute Gasteiger partial charge is 0.493 e. The van der Waals surface area contributed by atoms with Crippen LogP contribution in [0.15, 0.2) is 64.9 Å². The SMILES string of the molecule is CC[C@@H](NC(=O)/C(=C/c1ccco1)NC(=O)c1ccc(OC)c(OC)c1)c1ccc(C)c(C)c1. The van der Waals surface area contributed by atoms with Crippen molar-refractivity contribution in [3.05, 3.63) is 88.5 Å². The van der Waals surface area contributed by atoms with Crippen LogP contribution in [0.1, 0.15) is 52.2 Å². The molecule has 0 radical (unpaired) electrons. The van der Waals surface area contributed by atoms with E-state index in [0.29, 0.717) is 29.2 Å². The van der Waals surface area contributed by atoms with Crippen molar-refractivity contribution in [1.82, 2.24) is 10.6 Å². The molecular formula is C27H30N2O5. The van der Waals surface area contributed by atoms with E-state index in [1.807, 2.05) is 32.9 Å². The van der Waals surface area contributed by atoms with Gasteiger partial charge < -0.3 is 24.5 Å². The van der Waals surface area contributed by atoms with E-state index < -0.39 is 11.8 Å². The summed E-state index contributed by atoms with van der Waals surface area (Å²) in [4.78, 5) is 26.3. The van der Waals surface area contributed by atoms with E-state index in [2.05, 4.69) is 16.7 Å². The van der Waals surface area contributed by atoms with Crippen LogP contribution in [0.5, 0.6) is 11.5 Å². The fraction of sp³-hybridized carbons (Fsp3) is 0.259. The van der Waals surface area contributed by atoms with Crippen molar-refractivity contribution in [3.8, 4) is 11.5 Å². The Morgan fingerprint density at radius 1 is 1.00 bits per heavy atom. The molecule has 1 atom stereocenters. The monoisotopic (exact) mass is 462 g/mol. The van der Waals surface area contributed by atoms with Crippen molar-refractivity contribution in [2.45, 2.75) is 33.2 Å². The Balaban J connectivity index is 1.86. The van der Waals surface area contributed by atoms with Crippen molar-refractivity contribution >= 4 is 17.9 Å². The molecule has 0 fully saturated rings. The number of carbonyl (C=O) groups excluding carboxylic acids is 2. The molecule has 2 amide bonds. The molecule has 2 aromatic carbocycles. The highest BCUT2D eigenvalue weighted by atomic mass is 16.5. The fourth-order valence-corrected chi connectivity index (χ4v) is 3.48. The molecule has 3 aromatic rings. The minimum atomic E-state index is -0.465. The first-order valence-corrected chi connectivity index (χ1v) is 11.0. The first kappa shape index (κ1) is 24.6. The quantitative estimate of drug-likeness (QED) is 0.439. The summed E-state index contributed by atoms with van der Waals surface area (Å²) in [6.45, 7) is 6.09. The molecule has 178 valence electrons. The predicted octanol–water partition coefficient (Wildman–Crippen LogP) is 4.95. The number of hydrogen-bond acceptors (Lipinski definition) is 5. The standard InChI is InChI=1S/C27H30N2O5/c1-6-22(19-10-9-17(2)18(3)14-19)28-27(31)23(16-21-8-7-13-34-21)29-26(30)20-11-12-24(32-4)25(15-20)33-5/h7-16,22H,6H2,1-5H3,(H,28,31)(H,29,30)/b23-16-/t22-/m1/s1. The van der Waals surface area contributed by atoms with Gasteiger partial charge in [-0.3, -0.25) is 9.59 Å². The number of hydrogen-bond donors (Lipinski definition) is 2. The van der Waals surface area contributed by atoms with Gasteiger partial charge in [0.05, 0.1) is 26.5 Å². The minimum Gasteiger partial charge on any atom is -0.493 e. The second-order valence-corrected chi connectivity index (χ2v) is 7.88. The van der Waals surface area contributed by atoms with Crippen molar-refractivity contribution in [3.63, 3.8) is 0 Å². The number of rotatable bonds is 9. The summed E-state index contributed by atoms with van der Waals surface area (Å²) in [6.07, 6.45) is 3.69. The van der Waals surface area contributed by atoms with Crippen molar-refractivity contribution in [2.75, 3.05) is 14.2 Å². The van der Waals surface area contributed by atoms with Gasteiger partial charge in [0, 0.05) is 11.6 Å². The minimum absolute atomic E-state index is 0.0667. The van der Waals surface area contributed by atoms with E-state index in [1.54, 1.807) is 30.3 Å². The van der Waals surface area contributed by atoms with Gasteiger partial charge in [-0.15, -0.1) is 0 Å². The Morgan fingerprint density at radius 2 is 1.76 bits per heavy atom. The van der Waals surface area contributed by atoms with Gasteiger partial charge in [0.2, 0.25) is 0 Å². The van der Waals surface area contributed by atoms with Gasteiger partial charge in [-0.05, 0) is 67.3 Å². The number of ether oxygens (including phenoxy) is 2. The van der Waals surface area contributed by atoms with Crippen LogP contribution in [0.2, 0.25) is 0 Å². The molecule has 1 aromatic heterocycles. The topological polar surface area (TPSA) is 89.8 Å². The van der Waals surface area contributed by atoms with Crippen LogP contribution in [0.4, 0.5) is 0 Å². The Labute approximate surface area is 199 Å². The molecular weight excluding hydrogens is 432 g/mol. The van der Waals surface area contributed by atoms with Crippen molar-refractivity contribution < 1.29 is 23.5 Å². The summed E-state index contributed by atoms with van der Waals surface area (Å²) in [5.41, 5.74) is 3.72. The van der Waals surface area contributed by atoms with Crippen LogP contribution in [0.25, 0.3) is 6.08 Å². The fourth-order valence-electron chi connectivity index (χ4n) is 3.48. The van der Waals surface area contributed by atoms with Crippen molar-refractivity contribution in [1.29, 1.82) is 0 Å². The molecule has 0 saturated heterocycles. The molecule has 3 rings (SSSR count). The summed E-state index contributed by atoms with van der Waals surface area (Å²) in [7, 11) is 3.01. The molecule has 0 bridgehead atoms. The number of furan rings is 1. The zero-order valence-corrected chi connectivity index (χ0v) is 20.1. The number of carbonyl (C=O) groups is 2. The summed E-state index contributed by atoms with van der Waals surface area (Å²) in [5, 5.41) is 5.75. The Morgan fingerprint density at radius 3 is 2.38 bits per heavy atom. The van der Waals surface area contributed by atoms with Gasteiger partial charge >= 0.3 is 0 Å². The van der Waals surface area contributed by atoms with E-state index >= 15 is 0 Å². The molecule has 2 N–H and O–H groups in total. The van der Waals surface area contributed by atoms with E-state index in [1.165, 1.54) is 32.1 Å². The number of amides is 2. The van der Waals surface area contributed by atoms with E-state index in [-0.39, 0.29) is 11.7 Å². The smallest absolute Gasteiger partial charge is 0.268 e. The average Bonchev–Trinajstić information content (AvgIpc) is 3.36. The van der Waals surface area contributed by atoms with Crippen LogP contribution < -0.4 is 20.1 Å². The van der Waals surface area contributed by atoms with Gasteiger partial charge in [-0.25, -0.2) is 0 Å². The number of methoxy groups -OCH3 is 2. The molecule has 0 aliphatic heterocycles. The summed E-state index contributed by atoms with van der Waals surface area (Å²) >= 11 is 0. The Kier molecular flexibility index (Phi) is 8.14. The van der Waals surface area contributed by atoms with Crippen LogP contribution in [0, 0.1) is 13.8 Å². The highest BCUT2D eigenvalue weighted by Gasteiger charge is 2.20. The lowest BCUT2D eigenvalue weighted by Crippen LogP contribution is -2.36. The normalized spacial score (nSPS) is 12.1. The second kappa shape index (κ2) is 11.2. The van der Waals surface area contributed by atoms with Crippen LogP contribution in [-0.2, 0) is 4.79 Å². The third kappa shape index (κ3) is 5.86. The van der Waals surface area contributed by atoms with Gasteiger partial charge in [0.25, 0.3) is 11.8 Å². The summed E-state index contributed by atoms with van der Waals surface area (Å²) < 4.78 is 15.9. The van der Waals surface area contributed by atoms with Crippen LogP contribution in [0.3, 0.4) is 0 Å².